The summed E-state index contributed by atoms with van der Waals surface area (Å²) in [6, 6.07) is 0.512. The third kappa shape index (κ3) is 1.06. The Balaban J connectivity index is 1.95. The van der Waals surface area contributed by atoms with E-state index in [1.807, 2.05) is 4.90 Å². The minimum absolute atomic E-state index is 0.350. The zero-order chi connectivity index (χ0) is 7.84. The highest BCUT2D eigenvalue weighted by molar-refractivity contribution is 5.78. The lowest BCUT2D eigenvalue weighted by atomic mass is 9.87. The first kappa shape index (κ1) is 6.89. The summed E-state index contributed by atoms with van der Waals surface area (Å²) in [5.74, 6) is 0.350. The number of nitrogens with zero attached hydrogens (tertiary/aromatic N) is 1. The van der Waals surface area contributed by atoms with Crippen LogP contribution in [0.15, 0.2) is 12.2 Å². The summed E-state index contributed by atoms with van der Waals surface area (Å²) >= 11 is 0. The number of hydrogen-bond acceptors (Lipinski definition) is 1. The maximum absolute atomic E-state index is 11.2. The Bertz CT molecular complexity index is 202. The average molecular weight is 151 g/mol. The normalized spacial score (nSPS) is 26.0. The highest BCUT2D eigenvalue weighted by atomic mass is 16.2. The molecule has 0 radical (unpaired) electrons. The highest BCUT2D eigenvalue weighted by Gasteiger charge is 2.33. The molecule has 60 valence electrons. The van der Waals surface area contributed by atoms with Gasteiger partial charge in [0.05, 0.1) is 0 Å². The molecule has 2 nitrogen and oxygen atoms in total. The predicted molar refractivity (Wildman–Crippen MR) is 43.1 cm³/mol. The van der Waals surface area contributed by atoms with Crippen LogP contribution in [-0.2, 0) is 4.79 Å². The van der Waals surface area contributed by atoms with E-state index in [1.165, 1.54) is 5.57 Å². The van der Waals surface area contributed by atoms with Gasteiger partial charge < -0.3 is 4.90 Å². The summed E-state index contributed by atoms with van der Waals surface area (Å²) in [6.45, 7) is 4.85. The van der Waals surface area contributed by atoms with Gasteiger partial charge in [-0.05, 0) is 19.3 Å². The van der Waals surface area contributed by atoms with Crippen molar-refractivity contribution < 1.29 is 4.79 Å². The molecule has 2 heteroatoms. The van der Waals surface area contributed by atoms with E-state index in [-0.39, 0.29) is 0 Å². The topological polar surface area (TPSA) is 20.3 Å². The van der Waals surface area contributed by atoms with Gasteiger partial charge >= 0.3 is 0 Å². The van der Waals surface area contributed by atoms with Crippen molar-refractivity contribution in [1.82, 2.24) is 4.90 Å². The van der Waals surface area contributed by atoms with Crippen LogP contribution in [0.5, 0.6) is 0 Å². The lowest BCUT2D eigenvalue weighted by Crippen LogP contribution is -2.41. The van der Waals surface area contributed by atoms with Gasteiger partial charge in [0.25, 0.3) is 0 Å². The van der Waals surface area contributed by atoms with Gasteiger partial charge in [-0.15, -0.1) is 0 Å². The number of likely N-dealkylation sites (tertiary alicyclic amines) is 1. The highest BCUT2D eigenvalue weighted by Crippen LogP contribution is 2.31. The maximum Gasteiger partial charge on any atom is 0.222 e. The second-order valence-corrected chi connectivity index (χ2v) is 3.50. The quantitative estimate of drug-likeness (QED) is 0.518. The zero-order valence-corrected chi connectivity index (χ0v) is 6.68. The van der Waals surface area contributed by atoms with E-state index in [2.05, 4.69) is 6.58 Å². The van der Waals surface area contributed by atoms with Crippen molar-refractivity contribution in [2.75, 3.05) is 6.54 Å². The molecule has 0 atom stereocenters. The molecule has 1 heterocycles. The van der Waals surface area contributed by atoms with Crippen LogP contribution in [0.4, 0.5) is 0 Å². The molecule has 1 amide bonds. The van der Waals surface area contributed by atoms with Gasteiger partial charge in [0.15, 0.2) is 0 Å². The summed E-state index contributed by atoms with van der Waals surface area (Å²) in [7, 11) is 0. The predicted octanol–water partition coefficient (Wildman–Crippen LogP) is 1.33. The van der Waals surface area contributed by atoms with Gasteiger partial charge in [-0.2, -0.15) is 0 Å². The molecule has 0 bridgehead atoms. The second kappa shape index (κ2) is 2.36. The Morgan fingerprint density at radius 3 is 2.64 bits per heavy atom. The third-order valence-electron chi connectivity index (χ3n) is 2.60. The standard InChI is InChI=1S/C9H13NO/c1-7-5-8(6-7)10-4-2-3-9(10)11/h8H,1-6H2. The van der Waals surface area contributed by atoms with Crippen LogP contribution < -0.4 is 0 Å². The summed E-state index contributed by atoms with van der Waals surface area (Å²) in [5.41, 5.74) is 1.30. The smallest absolute Gasteiger partial charge is 0.222 e. The van der Waals surface area contributed by atoms with Gasteiger partial charge in [-0.3, -0.25) is 4.79 Å². The van der Waals surface area contributed by atoms with Crippen LogP contribution in [0.1, 0.15) is 25.7 Å². The van der Waals surface area contributed by atoms with E-state index in [0.29, 0.717) is 11.9 Å². The molecule has 1 aliphatic carbocycles. The van der Waals surface area contributed by atoms with Gasteiger partial charge in [0.2, 0.25) is 5.91 Å². The number of carbonyl (C=O) groups excluding carboxylic acids is 1. The zero-order valence-electron chi connectivity index (χ0n) is 6.68. The Labute approximate surface area is 66.9 Å². The van der Waals surface area contributed by atoms with Crippen LogP contribution in [-0.4, -0.2) is 23.4 Å². The Kier molecular flexibility index (Phi) is 1.48. The molecule has 0 aromatic carbocycles. The molecule has 2 rings (SSSR count). The number of amides is 1. The maximum atomic E-state index is 11.2. The Morgan fingerprint density at radius 2 is 2.18 bits per heavy atom. The molecule has 0 spiro atoms. The molecule has 1 saturated heterocycles. The average Bonchev–Trinajstić information content (AvgIpc) is 2.29. The Morgan fingerprint density at radius 1 is 1.45 bits per heavy atom. The van der Waals surface area contributed by atoms with E-state index in [1.54, 1.807) is 0 Å². The van der Waals surface area contributed by atoms with Crippen LogP contribution in [0, 0.1) is 0 Å². The van der Waals surface area contributed by atoms with Gasteiger partial charge in [-0.1, -0.05) is 12.2 Å². The van der Waals surface area contributed by atoms with Crippen LogP contribution >= 0.6 is 0 Å². The fraction of sp³-hybridized carbons (Fsp3) is 0.667. The van der Waals surface area contributed by atoms with Crippen LogP contribution in [0.25, 0.3) is 0 Å². The Hall–Kier alpha value is -0.790. The molecular formula is C9H13NO. The van der Waals surface area contributed by atoms with Crippen molar-refractivity contribution in [3.63, 3.8) is 0 Å². The molecule has 0 aromatic rings. The molecule has 0 aromatic heterocycles. The van der Waals surface area contributed by atoms with Gasteiger partial charge in [-0.25, -0.2) is 0 Å². The number of hydrogen-bond donors (Lipinski definition) is 0. The third-order valence-corrected chi connectivity index (χ3v) is 2.60. The van der Waals surface area contributed by atoms with Crippen molar-refractivity contribution in [3.05, 3.63) is 12.2 Å². The van der Waals surface area contributed by atoms with Crippen LogP contribution in [0.2, 0.25) is 0 Å². The first-order valence-corrected chi connectivity index (χ1v) is 4.23. The number of rotatable bonds is 1. The molecule has 1 aliphatic heterocycles. The molecular weight excluding hydrogens is 138 g/mol. The minimum atomic E-state index is 0.350. The van der Waals surface area contributed by atoms with E-state index < -0.39 is 0 Å². The fourth-order valence-corrected chi connectivity index (χ4v) is 1.88. The van der Waals surface area contributed by atoms with Crippen molar-refractivity contribution in [2.24, 2.45) is 0 Å². The molecule has 1 saturated carbocycles. The summed E-state index contributed by atoms with van der Waals surface area (Å²) < 4.78 is 0. The van der Waals surface area contributed by atoms with E-state index >= 15 is 0 Å². The lowest BCUT2D eigenvalue weighted by molar-refractivity contribution is -0.130. The van der Waals surface area contributed by atoms with E-state index in [4.69, 9.17) is 0 Å². The molecule has 11 heavy (non-hydrogen) atoms. The SMILES string of the molecule is C=C1CC(N2CCCC2=O)C1. The molecule has 0 N–H and O–H groups in total. The van der Waals surface area contributed by atoms with Crippen molar-refractivity contribution in [1.29, 1.82) is 0 Å². The van der Waals surface area contributed by atoms with Crippen molar-refractivity contribution >= 4 is 5.91 Å². The van der Waals surface area contributed by atoms with E-state index in [0.717, 1.165) is 32.2 Å². The fourth-order valence-electron chi connectivity index (χ4n) is 1.88. The first-order chi connectivity index (χ1) is 5.27. The molecule has 2 aliphatic rings. The van der Waals surface area contributed by atoms with Crippen LogP contribution in [0.3, 0.4) is 0 Å². The molecule has 0 unspecified atom stereocenters. The molecule has 2 fully saturated rings. The van der Waals surface area contributed by atoms with E-state index in [9.17, 15) is 4.79 Å². The minimum Gasteiger partial charge on any atom is -0.339 e. The summed E-state index contributed by atoms with van der Waals surface area (Å²) in [4.78, 5) is 13.2. The largest absolute Gasteiger partial charge is 0.339 e. The van der Waals surface area contributed by atoms with Crippen molar-refractivity contribution in [2.45, 2.75) is 31.7 Å². The number of carbonyl (C=O) groups is 1. The van der Waals surface area contributed by atoms with Crippen molar-refractivity contribution in [3.8, 4) is 0 Å². The lowest BCUT2D eigenvalue weighted by Gasteiger charge is -2.36. The van der Waals surface area contributed by atoms with Gasteiger partial charge in [0.1, 0.15) is 0 Å². The van der Waals surface area contributed by atoms with Gasteiger partial charge in [0, 0.05) is 19.0 Å². The second-order valence-electron chi connectivity index (χ2n) is 3.50. The summed E-state index contributed by atoms with van der Waals surface area (Å²) in [6.07, 6.45) is 3.92. The summed E-state index contributed by atoms with van der Waals surface area (Å²) in [5, 5.41) is 0. The monoisotopic (exact) mass is 151 g/mol. The first-order valence-electron chi connectivity index (χ1n) is 4.23.